The minimum Gasteiger partial charge on any atom is -0.497 e. The Bertz CT molecular complexity index is 1230. The standard InChI is InChI=1S/C25H28N2O5S/c1-17-6-9-22(10-7-17)33(29,30)27(20-13-18(2)12-19(3)14-20)16-25(28)26-23-11-8-21(31-4)15-24(23)32-5/h6-15H,16H2,1-5H3,(H,26,28). The molecule has 0 aliphatic heterocycles. The number of amides is 1. The van der Waals surface area contributed by atoms with Crippen molar-refractivity contribution in [3.63, 3.8) is 0 Å². The van der Waals surface area contributed by atoms with Gasteiger partial charge in [0.1, 0.15) is 18.0 Å². The van der Waals surface area contributed by atoms with E-state index in [4.69, 9.17) is 9.47 Å². The SMILES string of the molecule is COc1ccc(NC(=O)CN(c2cc(C)cc(C)c2)S(=O)(=O)c2ccc(C)cc2)c(OC)c1. The first-order valence-electron chi connectivity index (χ1n) is 10.3. The number of carbonyl (C=O) groups is 1. The van der Waals surface area contributed by atoms with Crippen molar-refractivity contribution in [2.24, 2.45) is 0 Å². The number of methoxy groups -OCH3 is 2. The second kappa shape index (κ2) is 9.95. The first-order valence-corrected chi connectivity index (χ1v) is 11.8. The largest absolute Gasteiger partial charge is 0.497 e. The lowest BCUT2D eigenvalue weighted by molar-refractivity contribution is -0.114. The predicted octanol–water partition coefficient (Wildman–Crippen LogP) is 4.46. The second-order valence-corrected chi connectivity index (χ2v) is 9.65. The third-order valence-corrected chi connectivity index (χ3v) is 6.86. The van der Waals surface area contributed by atoms with Crippen LogP contribution in [0.4, 0.5) is 11.4 Å². The number of nitrogens with one attached hydrogen (secondary N) is 1. The summed E-state index contributed by atoms with van der Waals surface area (Å²) in [5.41, 5.74) is 3.57. The Morgan fingerprint density at radius 3 is 2.06 bits per heavy atom. The number of ether oxygens (including phenoxy) is 2. The molecule has 0 atom stereocenters. The van der Waals surface area contributed by atoms with Gasteiger partial charge in [0.05, 0.1) is 30.5 Å². The van der Waals surface area contributed by atoms with Crippen LogP contribution >= 0.6 is 0 Å². The van der Waals surface area contributed by atoms with Gasteiger partial charge in [-0.2, -0.15) is 0 Å². The van der Waals surface area contributed by atoms with E-state index in [-0.39, 0.29) is 4.90 Å². The highest BCUT2D eigenvalue weighted by molar-refractivity contribution is 7.92. The molecule has 1 amide bonds. The number of hydrogen-bond acceptors (Lipinski definition) is 5. The Morgan fingerprint density at radius 1 is 0.848 bits per heavy atom. The summed E-state index contributed by atoms with van der Waals surface area (Å²) < 4.78 is 38.8. The number of rotatable bonds is 8. The van der Waals surface area contributed by atoms with E-state index >= 15 is 0 Å². The molecule has 3 aromatic rings. The van der Waals surface area contributed by atoms with Crippen molar-refractivity contribution in [1.29, 1.82) is 0 Å². The Labute approximate surface area is 195 Å². The van der Waals surface area contributed by atoms with Gasteiger partial charge in [0.15, 0.2) is 0 Å². The average Bonchev–Trinajstić information content (AvgIpc) is 2.77. The number of carbonyl (C=O) groups excluding carboxylic acids is 1. The van der Waals surface area contributed by atoms with Gasteiger partial charge in [-0.1, -0.05) is 23.8 Å². The van der Waals surface area contributed by atoms with Crippen molar-refractivity contribution in [2.45, 2.75) is 25.7 Å². The zero-order valence-corrected chi connectivity index (χ0v) is 20.2. The lowest BCUT2D eigenvalue weighted by Crippen LogP contribution is -2.38. The Balaban J connectivity index is 1.98. The first kappa shape index (κ1) is 24.1. The van der Waals surface area contributed by atoms with Gasteiger partial charge in [0, 0.05) is 6.07 Å². The van der Waals surface area contributed by atoms with Crippen molar-refractivity contribution in [3.8, 4) is 11.5 Å². The van der Waals surface area contributed by atoms with E-state index in [9.17, 15) is 13.2 Å². The number of benzene rings is 3. The van der Waals surface area contributed by atoms with E-state index in [0.29, 0.717) is 22.9 Å². The van der Waals surface area contributed by atoms with Crippen LogP contribution in [0.2, 0.25) is 0 Å². The van der Waals surface area contributed by atoms with Crippen LogP contribution in [0.25, 0.3) is 0 Å². The molecule has 0 unspecified atom stereocenters. The van der Waals surface area contributed by atoms with Crippen LogP contribution in [-0.4, -0.2) is 35.1 Å². The van der Waals surface area contributed by atoms with Crippen molar-refractivity contribution >= 4 is 27.3 Å². The normalized spacial score (nSPS) is 11.1. The fourth-order valence-electron chi connectivity index (χ4n) is 3.47. The molecular weight excluding hydrogens is 440 g/mol. The van der Waals surface area contributed by atoms with Crippen LogP contribution < -0.4 is 19.1 Å². The predicted molar refractivity (Wildman–Crippen MR) is 130 cm³/mol. The summed E-state index contributed by atoms with van der Waals surface area (Å²) in [6, 6.07) is 17.0. The molecule has 0 radical (unpaired) electrons. The summed E-state index contributed by atoms with van der Waals surface area (Å²) in [5.74, 6) is 0.471. The third kappa shape index (κ3) is 5.64. The van der Waals surface area contributed by atoms with E-state index in [1.165, 1.54) is 14.2 Å². The highest BCUT2D eigenvalue weighted by atomic mass is 32.2. The van der Waals surface area contributed by atoms with Crippen LogP contribution in [0.1, 0.15) is 16.7 Å². The summed E-state index contributed by atoms with van der Waals surface area (Å²) in [4.78, 5) is 13.1. The van der Waals surface area contributed by atoms with Crippen molar-refractivity contribution < 1.29 is 22.7 Å². The van der Waals surface area contributed by atoms with Gasteiger partial charge in [-0.15, -0.1) is 0 Å². The van der Waals surface area contributed by atoms with Crippen LogP contribution in [-0.2, 0) is 14.8 Å². The molecule has 3 aromatic carbocycles. The number of sulfonamides is 1. The molecule has 8 heteroatoms. The number of nitrogens with zero attached hydrogens (tertiary/aromatic N) is 1. The third-order valence-electron chi connectivity index (χ3n) is 5.07. The zero-order valence-electron chi connectivity index (χ0n) is 19.4. The maximum atomic E-state index is 13.6. The van der Waals surface area contributed by atoms with E-state index < -0.39 is 22.5 Å². The maximum absolute atomic E-state index is 13.6. The number of anilines is 2. The van der Waals surface area contributed by atoms with Crippen molar-refractivity contribution in [2.75, 3.05) is 30.4 Å². The van der Waals surface area contributed by atoms with Crippen LogP contribution in [0.15, 0.2) is 65.6 Å². The molecule has 0 aliphatic rings. The fraction of sp³-hybridized carbons (Fsp3) is 0.240. The average molecular weight is 469 g/mol. The van der Waals surface area contributed by atoms with Gasteiger partial charge in [-0.3, -0.25) is 9.10 Å². The molecule has 1 N–H and O–H groups in total. The molecule has 3 rings (SSSR count). The quantitative estimate of drug-likeness (QED) is 0.528. The second-order valence-electron chi connectivity index (χ2n) is 7.79. The fourth-order valence-corrected chi connectivity index (χ4v) is 4.87. The summed E-state index contributed by atoms with van der Waals surface area (Å²) in [5, 5.41) is 2.75. The topological polar surface area (TPSA) is 84.9 Å². The first-order chi connectivity index (χ1) is 15.6. The molecule has 33 heavy (non-hydrogen) atoms. The van der Waals surface area contributed by atoms with E-state index in [2.05, 4.69) is 5.32 Å². The van der Waals surface area contributed by atoms with E-state index in [1.807, 2.05) is 26.8 Å². The summed E-state index contributed by atoms with van der Waals surface area (Å²) >= 11 is 0. The Hall–Kier alpha value is -3.52. The van der Waals surface area contributed by atoms with E-state index in [1.54, 1.807) is 54.6 Å². The summed E-state index contributed by atoms with van der Waals surface area (Å²) in [6.45, 7) is 5.24. The summed E-state index contributed by atoms with van der Waals surface area (Å²) in [7, 11) is -0.984. The van der Waals surface area contributed by atoms with Gasteiger partial charge in [0.2, 0.25) is 5.91 Å². The van der Waals surface area contributed by atoms with Crippen LogP contribution in [0.3, 0.4) is 0 Å². The zero-order chi connectivity index (χ0) is 24.2. The van der Waals surface area contributed by atoms with Gasteiger partial charge in [0.25, 0.3) is 10.0 Å². The maximum Gasteiger partial charge on any atom is 0.264 e. The molecule has 0 spiro atoms. The lowest BCUT2D eigenvalue weighted by atomic mass is 10.1. The molecule has 0 aromatic heterocycles. The molecule has 0 saturated heterocycles. The number of hydrogen-bond donors (Lipinski definition) is 1. The van der Waals surface area contributed by atoms with Gasteiger partial charge in [-0.05, 0) is 68.3 Å². The molecular formula is C25H28N2O5S. The molecule has 0 bridgehead atoms. The smallest absolute Gasteiger partial charge is 0.264 e. The number of aryl methyl sites for hydroxylation is 3. The van der Waals surface area contributed by atoms with Crippen LogP contribution in [0.5, 0.6) is 11.5 Å². The minimum atomic E-state index is -4.00. The lowest BCUT2D eigenvalue weighted by Gasteiger charge is -2.25. The summed E-state index contributed by atoms with van der Waals surface area (Å²) in [6.07, 6.45) is 0. The van der Waals surface area contributed by atoms with Crippen molar-refractivity contribution in [1.82, 2.24) is 0 Å². The minimum absolute atomic E-state index is 0.113. The molecule has 0 saturated carbocycles. The van der Waals surface area contributed by atoms with Crippen LogP contribution in [0, 0.1) is 20.8 Å². The monoisotopic (exact) mass is 468 g/mol. The molecule has 7 nitrogen and oxygen atoms in total. The molecule has 0 fully saturated rings. The van der Waals surface area contributed by atoms with Gasteiger partial charge >= 0.3 is 0 Å². The molecule has 0 aliphatic carbocycles. The van der Waals surface area contributed by atoms with Gasteiger partial charge < -0.3 is 14.8 Å². The highest BCUT2D eigenvalue weighted by Gasteiger charge is 2.28. The molecule has 0 heterocycles. The van der Waals surface area contributed by atoms with Crippen molar-refractivity contribution in [3.05, 3.63) is 77.4 Å². The van der Waals surface area contributed by atoms with E-state index in [0.717, 1.165) is 21.0 Å². The molecule has 174 valence electrons. The Kier molecular flexibility index (Phi) is 7.28. The Morgan fingerprint density at radius 2 is 1.48 bits per heavy atom. The van der Waals surface area contributed by atoms with Gasteiger partial charge in [-0.25, -0.2) is 8.42 Å². The highest BCUT2D eigenvalue weighted by Crippen LogP contribution is 2.30.